The molecule has 1 heteroatoms. The first kappa shape index (κ1) is 8.74. The molecule has 0 aromatic heterocycles. The SMILES string of the molecule is C=C[C@@]12CC[C@H](C[C@@H]1C=O)C(=C)C2. The summed E-state index contributed by atoms with van der Waals surface area (Å²) in [6.07, 6.45) is 7.45. The zero-order valence-corrected chi connectivity index (χ0v) is 7.96. The third-order valence-electron chi connectivity index (χ3n) is 3.94. The second-order valence-electron chi connectivity index (χ2n) is 4.49. The average Bonchev–Trinajstić information content (AvgIpc) is 2.18. The normalized spacial score (nSPS) is 43.2. The van der Waals surface area contributed by atoms with Gasteiger partial charge in [0.15, 0.2) is 0 Å². The highest BCUT2D eigenvalue weighted by molar-refractivity contribution is 5.57. The second-order valence-corrected chi connectivity index (χ2v) is 4.49. The number of fused-ring (bicyclic) bond motifs is 3. The minimum Gasteiger partial charge on any atom is -0.303 e. The van der Waals surface area contributed by atoms with E-state index < -0.39 is 0 Å². The maximum absolute atomic E-state index is 10.9. The molecule has 2 bridgehead atoms. The Morgan fingerprint density at radius 2 is 2.31 bits per heavy atom. The summed E-state index contributed by atoms with van der Waals surface area (Å²) in [5, 5.41) is 0. The summed E-state index contributed by atoms with van der Waals surface area (Å²) in [5.74, 6) is 0.811. The average molecular weight is 176 g/mol. The van der Waals surface area contributed by atoms with Crippen LogP contribution in [0.2, 0.25) is 0 Å². The summed E-state index contributed by atoms with van der Waals surface area (Å²) in [6.45, 7) is 7.98. The Labute approximate surface area is 79.5 Å². The van der Waals surface area contributed by atoms with Crippen LogP contribution >= 0.6 is 0 Å². The first-order valence-electron chi connectivity index (χ1n) is 4.98. The van der Waals surface area contributed by atoms with E-state index in [1.165, 1.54) is 12.0 Å². The predicted molar refractivity (Wildman–Crippen MR) is 53.3 cm³/mol. The van der Waals surface area contributed by atoms with Crippen molar-refractivity contribution in [3.63, 3.8) is 0 Å². The molecule has 0 aromatic carbocycles. The van der Waals surface area contributed by atoms with Crippen molar-refractivity contribution in [1.82, 2.24) is 0 Å². The number of allylic oxidation sites excluding steroid dienone is 2. The van der Waals surface area contributed by atoms with Crippen LogP contribution in [0.3, 0.4) is 0 Å². The van der Waals surface area contributed by atoms with Gasteiger partial charge in [0.1, 0.15) is 6.29 Å². The van der Waals surface area contributed by atoms with Gasteiger partial charge >= 0.3 is 0 Å². The Balaban J connectivity index is 2.33. The molecule has 0 aromatic rings. The standard InChI is InChI=1S/C12H16O/c1-3-12-5-4-10(9(2)7-12)6-11(12)8-13/h3,8,10-11H,1-2,4-7H2/t10-,11-,12+/m1/s1. The molecule has 3 aliphatic carbocycles. The van der Waals surface area contributed by atoms with Crippen molar-refractivity contribution in [2.75, 3.05) is 0 Å². The van der Waals surface area contributed by atoms with Gasteiger partial charge in [-0.25, -0.2) is 0 Å². The van der Waals surface area contributed by atoms with Crippen LogP contribution in [0.25, 0.3) is 0 Å². The van der Waals surface area contributed by atoms with Gasteiger partial charge in [0, 0.05) is 11.3 Å². The first-order chi connectivity index (χ1) is 6.22. The third-order valence-corrected chi connectivity index (χ3v) is 3.94. The molecule has 3 saturated carbocycles. The van der Waals surface area contributed by atoms with Gasteiger partial charge in [0.05, 0.1) is 0 Å². The Kier molecular flexibility index (Phi) is 1.90. The number of carbonyl (C=O) groups is 1. The van der Waals surface area contributed by atoms with Gasteiger partial charge in [-0.15, -0.1) is 6.58 Å². The number of aldehydes is 1. The second kappa shape index (κ2) is 2.83. The lowest BCUT2D eigenvalue weighted by molar-refractivity contribution is -0.117. The first-order valence-corrected chi connectivity index (χ1v) is 4.98. The fraction of sp³-hybridized carbons (Fsp3) is 0.583. The molecule has 0 radical (unpaired) electrons. The maximum atomic E-state index is 10.9. The number of hydrogen-bond acceptors (Lipinski definition) is 1. The van der Waals surface area contributed by atoms with Gasteiger partial charge in [-0.1, -0.05) is 18.2 Å². The van der Waals surface area contributed by atoms with Gasteiger partial charge in [0.25, 0.3) is 0 Å². The van der Waals surface area contributed by atoms with Gasteiger partial charge in [0.2, 0.25) is 0 Å². The van der Waals surface area contributed by atoms with Crippen molar-refractivity contribution in [1.29, 1.82) is 0 Å². The summed E-state index contributed by atoms with van der Waals surface area (Å²) in [4.78, 5) is 10.9. The fourth-order valence-electron chi connectivity index (χ4n) is 2.96. The zero-order valence-electron chi connectivity index (χ0n) is 7.96. The minimum absolute atomic E-state index is 0.0631. The molecule has 0 saturated heterocycles. The molecule has 0 aliphatic heterocycles. The Bertz CT molecular complexity index is 266. The van der Waals surface area contributed by atoms with Crippen molar-refractivity contribution >= 4 is 6.29 Å². The van der Waals surface area contributed by atoms with Crippen LogP contribution in [0.4, 0.5) is 0 Å². The molecule has 0 N–H and O–H groups in total. The van der Waals surface area contributed by atoms with Crippen LogP contribution in [-0.2, 0) is 4.79 Å². The summed E-state index contributed by atoms with van der Waals surface area (Å²) < 4.78 is 0. The molecule has 0 amide bonds. The van der Waals surface area contributed by atoms with Crippen molar-refractivity contribution < 1.29 is 4.79 Å². The van der Waals surface area contributed by atoms with E-state index in [2.05, 4.69) is 13.2 Å². The Morgan fingerprint density at radius 1 is 1.54 bits per heavy atom. The Morgan fingerprint density at radius 3 is 2.85 bits per heavy atom. The maximum Gasteiger partial charge on any atom is 0.123 e. The monoisotopic (exact) mass is 176 g/mol. The van der Waals surface area contributed by atoms with Crippen molar-refractivity contribution in [3.05, 3.63) is 24.8 Å². The lowest BCUT2D eigenvalue weighted by atomic mass is 9.54. The molecule has 3 aliphatic rings. The highest BCUT2D eigenvalue weighted by Crippen LogP contribution is 2.55. The predicted octanol–water partition coefficient (Wildman–Crippen LogP) is 2.73. The molecule has 13 heavy (non-hydrogen) atoms. The van der Waals surface area contributed by atoms with E-state index in [0.29, 0.717) is 5.92 Å². The van der Waals surface area contributed by atoms with Crippen LogP contribution < -0.4 is 0 Å². The number of hydrogen-bond donors (Lipinski definition) is 0. The van der Waals surface area contributed by atoms with Crippen LogP contribution in [0.1, 0.15) is 25.7 Å². The fourth-order valence-corrected chi connectivity index (χ4v) is 2.96. The molecule has 3 fully saturated rings. The molecule has 1 nitrogen and oxygen atoms in total. The van der Waals surface area contributed by atoms with E-state index in [4.69, 9.17) is 0 Å². The van der Waals surface area contributed by atoms with Gasteiger partial charge in [-0.2, -0.15) is 0 Å². The largest absolute Gasteiger partial charge is 0.303 e. The van der Waals surface area contributed by atoms with Gasteiger partial charge < -0.3 is 4.79 Å². The highest BCUT2D eigenvalue weighted by atomic mass is 16.1. The van der Waals surface area contributed by atoms with E-state index in [9.17, 15) is 4.79 Å². The summed E-state index contributed by atoms with van der Waals surface area (Å²) >= 11 is 0. The summed E-state index contributed by atoms with van der Waals surface area (Å²) in [7, 11) is 0. The molecule has 70 valence electrons. The molecular weight excluding hydrogens is 160 g/mol. The smallest absolute Gasteiger partial charge is 0.123 e. The van der Waals surface area contributed by atoms with Gasteiger partial charge in [-0.05, 0) is 31.6 Å². The van der Waals surface area contributed by atoms with Crippen molar-refractivity contribution in [2.24, 2.45) is 17.3 Å². The van der Waals surface area contributed by atoms with E-state index in [1.54, 1.807) is 0 Å². The van der Waals surface area contributed by atoms with Gasteiger partial charge in [-0.3, -0.25) is 0 Å². The molecule has 0 unspecified atom stereocenters. The Hall–Kier alpha value is -0.850. The zero-order chi connectivity index (χ0) is 9.47. The molecule has 3 rings (SSSR count). The number of rotatable bonds is 2. The van der Waals surface area contributed by atoms with Crippen molar-refractivity contribution in [2.45, 2.75) is 25.7 Å². The van der Waals surface area contributed by atoms with Crippen LogP contribution in [0.5, 0.6) is 0 Å². The van der Waals surface area contributed by atoms with E-state index in [1.807, 2.05) is 6.08 Å². The van der Waals surface area contributed by atoms with E-state index >= 15 is 0 Å². The summed E-state index contributed by atoms with van der Waals surface area (Å²) in [5.41, 5.74) is 1.40. The highest BCUT2D eigenvalue weighted by Gasteiger charge is 2.47. The lowest BCUT2D eigenvalue weighted by Crippen LogP contribution is -2.42. The topological polar surface area (TPSA) is 17.1 Å². The molecule has 0 heterocycles. The minimum atomic E-state index is 0.0631. The summed E-state index contributed by atoms with van der Waals surface area (Å²) in [6, 6.07) is 0. The van der Waals surface area contributed by atoms with E-state index in [-0.39, 0.29) is 11.3 Å². The van der Waals surface area contributed by atoms with Crippen LogP contribution in [-0.4, -0.2) is 6.29 Å². The van der Waals surface area contributed by atoms with Crippen molar-refractivity contribution in [3.8, 4) is 0 Å². The quantitative estimate of drug-likeness (QED) is 0.467. The molecule has 0 spiro atoms. The number of carbonyl (C=O) groups excluding carboxylic acids is 1. The lowest BCUT2D eigenvalue weighted by Gasteiger charge is -2.49. The molecular formula is C12H16O. The molecule has 3 atom stereocenters. The van der Waals surface area contributed by atoms with Crippen LogP contribution in [0.15, 0.2) is 24.8 Å². The third kappa shape index (κ3) is 1.10. The van der Waals surface area contributed by atoms with E-state index in [0.717, 1.165) is 25.5 Å². The van der Waals surface area contributed by atoms with Crippen LogP contribution in [0, 0.1) is 17.3 Å².